The highest BCUT2D eigenvalue weighted by atomic mass is 16.5. The standard InChI is InChI=1S/C21H33N3O2/c1-23(14-15-24-12-5-6-13-24)21(25)22-17-18-8-7-11-20(16-18)26-19-9-3-2-4-10-19/h7-8,11,16,19H,2-6,9-10,12-15,17H2,1H3,(H,22,25). The van der Waals surface area contributed by atoms with Gasteiger partial charge in [-0.05, 0) is 69.3 Å². The Balaban J connectivity index is 1.41. The Morgan fingerprint density at radius 2 is 1.96 bits per heavy atom. The lowest BCUT2D eigenvalue weighted by molar-refractivity contribution is 0.155. The Kier molecular flexibility index (Phi) is 7.18. The summed E-state index contributed by atoms with van der Waals surface area (Å²) in [4.78, 5) is 16.5. The van der Waals surface area contributed by atoms with E-state index in [1.165, 1.54) is 45.2 Å². The number of carbonyl (C=O) groups excluding carboxylic acids is 1. The summed E-state index contributed by atoms with van der Waals surface area (Å²) in [6.45, 7) is 4.62. The molecule has 0 radical (unpaired) electrons. The number of carbonyl (C=O) groups is 1. The minimum atomic E-state index is -0.0113. The van der Waals surface area contributed by atoms with Gasteiger partial charge in [0.05, 0.1) is 6.10 Å². The molecule has 3 rings (SSSR count). The molecule has 1 saturated heterocycles. The number of hydrogen-bond acceptors (Lipinski definition) is 3. The van der Waals surface area contributed by atoms with Crippen molar-refractivity contribution < 1.29 is 9.53 Å². The van der Waals surface area contributed by atoms with Gasteiger partial charge in [-0.1, -0.05) is 18.6 Å². The molecule has 1 heterocycles. The first kappa shape index (κ1) is 19.0. The fourth-order valence-corrected chi connectivity index (χ4v) is 3.82. The Morgan fingerprint density at radius 1 is 1.19 bits per heavy atom. The number of nitrogens with one attached hydrogen (secondary N) is 1. The molecular formula is C21H33N3O2. The zero-order chi connectivity index (χ0) is 18.2. The van der Waals surface area contributed by atoms with E-state index in [1.54, 1.807) is 4.90 Å². The van der Waals surface area contributed by atoms with Gasteiger partial charge >= 0.3 is 6.03 Å². The maximum absolute atomic E-state index is 12.3. The Hall–Kier alpha value is -1.75. The second-order valence-corrected chi connectivity index (χ2v) is 7.65. The molecule has 0 aromatic heterocycles. The molecule has 1 saturated carbocycles. The van der Waals surface area contributed by atoms with Crippen molar-refractivity contribution in [2.45, 2.75) is 57.6 Å². The lowest BCUT2D eigenvalue weighted by atomic mass is 9.98. The van der Waals surface area contributed by atoms with E-state index in [4.69, 9.17) is 4.74 Å². The van der Waals surface area contributed by atoms with E-state index in [9.17, 15) is 4.79 Å². The number of rotatable bonds is 7. The lowest BCUT2D eigenvalue weighted by Gasteiger charge is -2.23. The Labute approximate surface area is 157 Å². The van der Waals surface area contributed by atoms with Crippen LogP contribution in [-0.2, 0) is 6.54 Å². The van der Waals surface area contributed by atoms with Crippen LogP contribution in [0, 0.1) is 0 Å². The SMILES string of the molecule is CN(CCN1CCCC1)C(=O)NCc1cccc(OC2CCCCC2)c1. The third kappa shape index (κ3) is 5.90. The van der Waals surface area contributed by atoms with Gasteiger partial charge in [0.2, 0.25) is 0 Å². The van der Waals surface area contributed by atoms with Gasteiger partial charge in [0, 0.05) is 26.7 Å². The van der Waals surface area contributed by atoms with Crippen LogP contribution < -0.4 is 10.1 Å². The van der Waals surface area contributed by atoms with E-state index < -0.39 is 0 Å². The summed E-state index contributed by atoms with van der Waals surface area (Å²) in [5.41, 5.74) is 1.08. The monoisotopic (exact) mass is 359 g/mol. The first-order chi connectivity index (χ1) is 12.7. The molecule has 2 amide bonds. The van der Waals surface area contributed by atoms with E-state index in [-0.39, 0.29) is 6.03 Å². The number of likely N-dealkylation sites (N-methyl/N-ethyl adjacent to an activating group) is 1. The highest BCUT2D eigenvalue weighted by Crippen LogP contribution is 2.23. The predicted octanol–water partition coefficient (Wildman–Crippen LogP) is 3.64. The molecule has 1 aliphatic carbocycles. The smallest absolute Gasteiger partial charge is 0.317 e. The summed E-state index contributed by atoms with van der Waals surface area (Å²) < 4.78 is 6.12. The van der Waals surface area contributed by atoms with Crippen LogP contribution in [0.15, 0.2) is 24.3 Å². The second-order valence-electron chi connectivity index (χ2n) is 7.65. The molecule has 2 aliphatic rings. The average molecular weight is 360 g/mol. The normalized spacial score (nSPS) is 18.7. The quantitative estimate of drug-likeness (QED) is 0.808. The van der Waals surface area contributed by atoms with Crippen molar-refractivity contribution in [3.63, 3.8) is 0 Å². The van der Waals surface area contributed by atoms with Gasteiger partial charge in [-0.2, -0.15) is 0 Å². The third-order valence-corrected chi connectivity index (χ3v) is 5.49. The van der Waals surface area contributed by atoms with Crippen LogP contribution >= 0.6 is 0 Å². The molecule has 0 spiro atoms. The molecule has 0 bridgehead atoms. The molecule has 1 N–H and O–H groups in total. The molecule has 144 valence electrons. The van der Waals surface area contributed by atoms with Gasteiger partial charge in [0.1, 0.15) is 5.75 Å². The molecule has 2 fully saturated rings. The topological polar surface area (TPSA) is 44.8 Å². The summed E-state index contributed by atoms with van der Waals surface area (Å²) >= 11 is 0. The fraction of sp³-hybridized carbons (Fsp3) is 0.667. The summed E-state index contributed by atoms with van der Waals surface area (Å²) in [5.74, 6) is 0.922. The van der Waals surface area contributed by atoms with Crippen LogP contribution in [0.5, 0.6) is 5.75 Å². The average Bonchev–Trinajstić information content (AvgIpc) is 3.19. The van der Waals surface area contributed by atoms with Gasteiger partial charge in [-0.15, -0.1) is 0 Å². The van der Waals surface area contributed by atoms with Gasteiger partial charge in [-0.3, -0.25) is 0 Å². The number of hydrogen-bond donors (Lipinski definition) is 1. The third-order valence-electron chi connectivity index (χ3n) is 5.49. The highest BCUT2D eigenvalue weighted by Gasteiger charge is 2.16. The van der Waals surface area contributed by atoms with Gasteiger partial charge in [0.15, 0.2) is 0 Å². The molecule has 5 heteroatoms. The predicted molar refractivity (Wildman–Crippen MR) is 104 cm³/mol. The fourth-order valence-electron chi connectivity index (χ4n) is 3.82. The van der Waals surface area contributed by atoms with Gasteiger partial charge in [-0.25, -0.2) is 4.79 Å². The molecule has 26 heavy (non-hydrogen) atoms. The van der Waals surface area contributed by atoms with Crippen LogP contribution in [0.1, 0.15) is 50.5 Å². The van der Waals surface area contributed by atoms with Crippen molar-refractivity contribution in [1.29, 1.82) is 0 Å². The van der Waals surface area contributed by atoms with Gasteiger partial charge in [0.25, 0.3) is 0 Å². The lowest BCUT2D eigenvalue weighted by Crippen LogP contribution is -2.41. The van der Waals surface area contributed by atoms with Crippen LogP contribution in [0.2, 0.25) is 0 Å². The van der Waals surface area contributed by atoms with Crippen LogP contribution in [0.3, 0.4) is 0 Å². The largest absolute Gasteiger partial charge is 0.490 e. The van der Waals surface area contributed by atoms with E-state index in [2.05, 4.69) is 16.3 Å². The number of benzene rings is 1. The van der Waals surface area contributed by atoms with Crippen molar-refractivity contribution in [3.8, 4) is 5.75 Å². The van der Waals surface area contributed by atoms with E-state index in [0.717, 1.165) is 37.2 Å². The van der Waals surface area contributed by atoms with Crippen molar-refractivity contribution in [2.24, 2.45) is 0 Å². The van der Waals surface area contributed by atoms with E-state index in [0.29, 0.717) is 12.6 Å². The molecule has 1 aromatic carbocycles. The zero-order valence-electron chi connectivity index (χ0n) is 16.1. The number of ether oxygens (including phenoxy) is 1. The maximum Gasteiger partial charge on any atom is 0.317 e. The van der Waals surface area contributed by atoms with Crippen LogP contribution in [0.4, 0.5) is 4.79 Å². The van der Waals surface area contributed by atoms with Crippen molar-refractivity contribution in [1.82, 2.24) is 15.1 Å². The zero-order valence-corrected chi connectivity index (χ0v) is 16.1. The summed E-state index contributed by atoms with van der Waals surface area (Å²) in [6.07, 6.45) is 9.10. The van der Waals surface area contributed by atoms with Crippen molar-refractivity contribution in [2.75, 3.05) is 33.2 Å². The van der Waals surface area contributed by atoms with Crippen LogP contribution in [0.25, 0.3) is 0 Å². The highest BCUT2D eigenvalue weighted by molar-refractivity contribution is 5.73. The number of nitrogens with zero attached hydrogens (tertiary/aromatic N) is 2. The number of urea groups is 1. The Bertz CT molecular complexity index is 566. The van der Waals surface area contributed by atoms with E-state index in [1.807, 2.05) is 25.2 Å². The maximum atomic E-state index is 12.3. The first-order valence-electron chi connectivity index (χ1n) is 10.2. The molecule has 5 nitrogen and oxygen atoms in total. The number of amides is 2. The van der Waals surface area contributed by atoms with Crippen molar-refractivity contribution >= 4 is 6.03 Å². The van der Waals surface area contributed by atoms with Crippen LogP contribution in [-0.4, -0.2) is 55.2 Å². The molecular weight excluding hydrogens is 326 g/mol. The first-order valence-corrected chi connectivity index (χ1v) is 10.2. The Morgan fingerprint density at radius 3 is 2.73 bits per heavy atom. The minimum absolute atomic E-state index is 0.0113. The van der Waals surface area contributed by atoms with Crippen molar-refractivity contribution in [3.05, 3.63) is 29.8 Å². The molecule has 1 aliphatic heterocycles. The second kappa shape index (κ2) is 9.81. The van der Waals surface area contributed by atoms with E-state index >= 15 is 0 Å². The summed E-state index contributed by atoms with van der Waals surface area (Å²) in [5, 5.41) is 3.02. The molecule has 0 atom stereocenters. The molecule has 1 aromatic rings. The van der Waals surface area contributed by atoms with Gasteiger partial charge < -0.3 is 19.9 Å². The summed E-state index contributed by atoms with van der Waals surface area (Å²) in [7, 11) is 1.87. The molecule has 0 unspecified atom stereocenters. The minimum Gasteiger partial charge on any atom is -0.490 e. The number of likely N-dealkylation sites (tertiary alicyclic amines) is 1. The summed E-state index contributed by atoms with van der Waals surface area (Å²) in [6, 6.07) is 8.11.